The second-order valence-electron chi connectivity index (χ2n) is 7.20. The molecule has 9 heteroatoms. The molecular formula is C22H27N3O5S. The molecule has 1 atom stereocenters. The number of nitrogens with zero attached hydrogens (tertiary/aromatic N) is 1. The van der Waals surface area contributed by atoms with Gasteiger partial charge in [0.2, 0.25) is 15.9 Å². The monoisotopic (exact) mass is 445 g/mol. The largest absolute Gasteiger partial charge is 0.484 e. The lowest BCUT2D eigenvalue weighted by molar-refractivity contribution is -0.123. The Kier molecular flexibility index (Phi) is 7.64. The van der Waals surface area contributed by atoms with Gasteiger partial charge in [0, 0.05) is 18.8 Å². The Hall–Kier alpha value is -2.91. The number of hydrogen-bond donors (Lipinski definition) is 2. The number of hydrogen-bond acceptors (Lipinski definition) is 5. The van der Waals surface area contributed by atoms with Crippen LogP contribution in [-0.4, -0.2) is 50.3 Å². The Labute approximate surface area is 182 Å². The van der Waals surface area contributed by atoms with Crippen molar-refractivity contribution in [2.24, 2.45) is 0 Å². The van der Waals surface area contributed by atoms with Crippen molar-refractivity contribution >= 4 is 27.5 Å². The lowest BCUT2D eigenvalue weighted by Gasteiger charge is -2.33. The number of amides is 2. The summed E-state index contributed by atoms with van der Waals surface area (Å²) in [6.45, 7) is 2.58. The van der Waals surface area contributed by atoms with E-state index in [0.29, 0.717) is 37.4 Å². The summed E-state index contributed by atoms with van der Waals surface area (Å²) in [5.41, 5.74) is 0.526. The van der Waals surface area contributed by atoms with Gasteiger partial charge < -0.3 is 15.4 Å². The van der Waals surface area contributed by atoms with E-state index in [1.165, 1.54) is 4.31 Å². The topological polar surface area (TPSA) is 105 Å². The van der Waals surface area contributed by atoms with Crippen molar-refractivity contribution in [3.63, 3.8) is 0 Å². The summed E-state index contributed by atoms with van der Waals surface area (Å²) in [6.07, 6.45) is 1.96. The Morgan fingerprint density at radius 3 is 2.45 bits per heavy atom. The minimum absolute atomic E-state index is 0.0894. The standard InChI is InChI=1S/C22H27N3O5S/c1-2-23-21(26)16-30-18-13-11-17(12-14-18)24-22(27)20-10-6-7-15-25(20)31(28,29)19-8-4-3-5-9-19/h3-5,8-9,11-14,20H,2,6-7,10,15-16H2,1H3,(H,23,26)(H,24,27). The molecule has 1 aliphatic heterocycles. The van der Waals surface area contributed by atoms with Crippen LogP contribution in [0.25, 0.3) is 0 Å². The Bertz CT molecular complexity index is 994. The molecule has 3 rings (SSSR count). The Balaban J connectivity index is 1.66. The first-order valence-corrected chi connectivity index (χ1v) is 11.7. The van der Waals surface area contributed by atoms with Gasteiger partial charge >= 0.3 is 0 Å². The van der Waals surface area contributed by atoms with E-state index in [-0.39, 0.29) is 23.3 Å². The molecule has 1 fully saturated rings. The lowest BCUT2D eigenvalue weighted by atomic mass is 10.0. The zero-order valence-corrected chi connectivity index (χ0v) is 18.2. The van der Waals surface area contributed by atoms with Crippen molar-refractivity contribution in [3.05, 3.63) is 54.6 Å². The van der Waals surface area contributed by atoms with Crippen LogP contribution in [0.3, 0.4) is 0 Å². The highest BCUT2D eigenvalue weighted by Crippen LogP contribution is 2.26. The predicted octanol–water partition coefficient (Wildman–Crippen LogP) is 2.38. The molecule has 0 radical (unpaired) electrons. The van der Waals surface area contributed by atoms with E-state index in [1.54, 1.807) is 54.6 Å². The maximum Gasteiger partial charge on any atom is 0.257 e. The maximum absolute atomic E-state index is 13.1. The molecule has 166 valence electrons. The number of likely N-dealkylation sites (N-methyl/N-ethyl adjacent to an activating group) is 1. The van der Waals surface area contributed by atoms with E-state index in [1.807, 2.05) is 6.92 Å². The highest BCUT2D eigenvalue weighted by molar-refractivity contribution is 7.89. The van der Waals surface area contributed by atoms with E-state index in [4.69, 9.17) is 4.74 Å². The number of sulfonamides is 1. The van der Waals surface area contributed by atoms with E-state index in [2.05, 4.69) is 10.6 Å². The van der Waals surface area contributed by atoms with E-state index < -0.39 is 16.1 Å². The van der Waals surface area contributed by atoms with Gasteiger partial charge in [0.15, 0.2) is 6.61 Å². The van der Waals surface area contributed by atoms with Crippen LogP contribution in [-0.2, 0) is 19.6 Å². The molecule has 1 unspecified atom stereocenters. The molecule has 2 amide bonds. The number of benzene rings is 2. The van der Waals surface area contributed by atoms with Gasteiger partial charge in [0.25, 0.3) is 5.91 Å². The van der Waals surface area contributed by atoms with Gasteiger partial charge in [-0.25, -0.2) is 8.42 Å². The molecule has 2 aromatic carbocycles. The van der Waals surface area contributed by atoms with Crippen molar-refractivity contribution < 1.29 is 22.7 Å². The van der Waals surface area contributed by atoms with Gasteiger partial charge in [-0.15, -0.1) is 0 Å². The molecule has 1 aliphatic rings. The number of ether oxygens (including phenoxy) is 1. The van der Waals surface area contributed by atoms with Gasteiger partial charge in [-0.3, -0.25) is 9.59 Å². The molecular weight excluding hydrogens is 418 g/mol. The fourth-order valence-corrected chi connectivity index (χ4v) is 5.12. The third-order valence-corrected chi connectivity index (χ3v) is 6.89. The van der Waals surface area contributed by atoms with Crippen LogP contribution >= 0.6 is 0 Å². The van der Waals surface area contributed by atoms with Gasteiger partial charge in [-0.05, 0) is 56.2 Å². The van der Waals surface area contributed by atoms with E-state index in [9.17, 15) is 18.0 Å². The van der Waals surface area contributed by atoms with Gasteiger partial charge in [0.1, 0.15) is 11.8 Å². The number of rotatable bonds is 8. The zero-order valence-electron chi connectivity index (χ0n) is 17.4. The molecule has 1 saturated heterocycles. The summed E-state index contributed by atoms with van der Waals surface area (Å²) < 4.78 is 32.8. The average Bonchev–Trinajstić information content (AvgIpc) is 2.79. The van der Waals surface area contributed by atoms with Crippen LogP contribution in [0, 0.1) is 0 Å². The van der Waals surface area contributed by atoms with Crippen LogP contribution in [0.1, 0.15) is 26.2 Å². The predicted molar refractivity (Wildman–Crippen MR) is 117 cm³/mol. The first kappa shape index (κ1) is 22.8. The molecule has 1 heterocycles. The molecule has 0 aliphatic carbocycles. The first-order chi connectivity index (χ1) is 14.9. The fraction of sp³-hybridized carbons (Fsp3) is 0.364. The van der Waals surface area contributed by atoms with Crippen molar-refractivity contribution in [2.75, 3.05) is 25.0 Å². The summed E-state index contributed by atoms with van der Waals surface area (Å²) in [4.78, 5) is 24.6. The minimum Gasteiger partial charge on any atom is -0.484 e. The number of nitrogens with one attached hydrogen (secondary N) is 2. The van der Waals surface area contributed by atoms with Gasteiger partial charge in [-0.2, -0.15) is 4.31 Å². The number of anilines is 1. The Morgan fingerprint density at radius 2 is 1.77 bits per heavy atom. The van der Waals surface area contributed by atoms with Crippen LogP contribution < -0.4 is 15.4 Å². The highest BCUT2D eigenvalue weighted by atomic mass is 32.2. The van der Waals surface area contributed by atoms with Crippen LogP contribution in [0.2, 0.25) is 0 Å². The lowest BCUT2D eigenvalue weighted by Crippen LogP contribution is -2.49. The van der Waals surface area contributed by atoms with Crippen LogP contribution in [0.15, 0.2) is 59.5 Å². The third kappa shape index (κ3) is 5.83. The summed E-state index contributed by atoms with van der Waals surface area (Å²) >= 11 is 0. The van der Waals surface area contributed by atoms with Gasteiger partial charge in [0.05, 0.1) is 4.90 Å². The van der Waals surface area contributed by atoms with Crippen LogP contribution in [0.5, 0.6) is 5.75 Å². The van der Waals surface area contributed by atoms with Crippen molar-refractivity contribution in [1.29, 1.82) is 0 Å². The molecule has 0 bridgehead atoms. The first-order valence-electron chi connectivity index (χ1n) is 10.3. The van der Waals surface area contributed by atoms with Gasteiger partial charge in [-0.1, -0.05) is 24.6 Å². The molecule has 8 nitrogen and oxygen atoms in total. The number of piperidine rings is 1. The Morgan fingerprint density at radius 1 is 1.06 bits per heavy atom. The fourth-order valence-electron chi connectivity index (χ4n) is 3.44. The molecule has 31 heavy (non-hydrogen) atoms. The summed E-state index contributed by atoms with van der Waals surface area (Å²) in [5.74, 6) is -0.0812. The molecule has 2 N–H and O–H groups in total. The van der Waals surface area contributed by atoms with Crippen molar-refractivity contribution in [2.45, 2.75) is 37.1 Å². The molecule has 0 spiro atoms. The number of carbonyl (C=O) groups excluding carboxylic acids is 2. The summed E-state index contributed by atoms with van der Waals surface area (Å²) in [5, 5.41) is 5.44. The zero-order chi connectivity index (χ0) is 22.3. The SMILES string of the molecule is CCNC(=O)COc1ccc(NC(=O)C2CCCCN2S(=O)(=O)c2ccccc2)cc1. The molecule has 2 aromatic rings. The van der Waals surface area contributed by atoms with E-state index in [0.717, 1.165) is 6.42 Å². The number of carbonyl (C=O) groups is 2. The second-order valence-corrected chi connectivity index (χ2v) is 9.09. The van der Waals surface area contributed by atoms with E-state index >= 15 is 0 Å². The normalized spacial score (nSPS) is 17.0. The van der Waals surface area contributed by atoms with Crippen molar-refractivity contribution in [1.82, 2.24) is 9.62 Å². The summed E-state index contributed by atoms with van der Waals surface area (Å²) in [7, 11) is -3.76. The summed E-state index contributed by atoms with van der Waals surface area (Å²) in [6, 6.07) is 14.0. The van der Waals surface area contributed by atoms with Crippen LogP contribution in [0.4, 0.5) is 5.69 Å². The minimum atomic E-state index is -3.76. The highest BCUT2D eigenvalue weighted by Gasteiger charge is 2.37. The maximum atomic E-state index is 13.1. The van der Waals surface area contributed by atoms with Crippen molar-refractivity contribution in [3.8, 4) is 5.75 Å². The quantitative estimate of drug-likeness (QED) is 0.649. The third-order valence-electron chi connectivity index (χ3n) is 4.97. The average molecular weight is 446 g/mol. The molecule has 0 saturated carbocycles. The second kappa shape index (κ2) is 10.4. The smallest absolute Gasteiger partial charge is 0.257 e. The molecule has 0 aromatic heterocycles.